The fourth-order valence-corrected chi connectivity index (χ4v) is 5.35. The lowest BCUT2D eigenvalue weighted by Crippen LogP contribution is -2.53. The molecule has 2 N–H and O–H groups in total. The molecule has 11 heteroatoms. The number of amides is 2. The Hall–Kier alpha value is -4.22. The Morgan fingerprint density at radius 2 is 1.76 bits per heavy atom. The van der Waals surface area contributed by atoms with Crippen LogP contribution in [0.1, 0.15) is 42.4 Å². The highest BCUT2D eigenvalue weighted by molar-refractivity contribution is 6.18. The predicted octanol–water partition coefficient (Wildman–Crippen LogP) is 3.90. The van der Waals surface area contributed by atoms with Gasteiger partial charge in [-0.1, -0.05) is 13.8 Å². The van der Waals surface area contributed by atoms with Crippen LogP contribution >= 0.6 is 0 Å². The summed E-state index contributed by atoms with van der Waals surface area (Å²) in [5.74, 6) is -1.05. The van der Waals surface area contributed by atoms with E-state index in [1.807, 2.05) is 32.0 Å². The maximum Gasteiger partial charge on any atom is 0.427 e. The number of H-pyrrole nitrogens is 1. The molecule has 1 saturated heterocycles. The number of hydrogen-bond donors (Lipinski definition) is 2. The zero-order chi connectivity index (χ0) is 29.3. The molecular formula is C30H34FN5O5. The molecule has 3 aromatic rings. The van der Waals surface area contributed by atoms with Gasteiger partial charge in [-0.15, -0.1) is 0 Å². The summed E-state index contributed by atoms with van der Waals surface area (Å²) in [7, 11) is 2.04. The Bertz CT molecular complexity index is 1510. The van der Waals surface area contributed by atoms with Crippen LogP contribution in [0.4, 0.5) is 9.18 Å². The SMILES string of the molecule is CCOC(=O)C1=CN(C(=O)c2ccc(F)cc2)CC(C)(C)c2c1[nH]c1cc(OC(=O)NN3CCN(C)CC3)ccc21. The molecule has 2 aromatic carbocycles. The summed E-state index contributed by atoms with van der Waals surface area (Å²) in [5.41, 5.74) is 4.68. The minimum Gasteiger partial charge on any atom is -0.462 e. The van der Waals surface area contributed by atoms with Gasteiger partial charge in [-0.3, -0.25) is 10.2 Å². The number of likely N-dealkylation sites (N-methyl/N-ethyl adjacent to an activating group) is 1. The number of rotatable bonds is 5. The van der Waals surface area contributed by atoms with Gasteiger partial charge in [0.05, 0.1) is 17.9 Å². The van der Waals surface area contributed by atoms with E-state index in [1.54, 1.807) is 19.1 Å². The van der Waals surface area contributed by atoms with Gasteiger partial charge in [0, 0.05) is 66.9 Å². The normalized spacial score (nSPS) is 17.4. The summed E-state index contributed by atoms with van der Waals surface area (Å²) in [6, 6.07) is 10.6. The first-order valence-electron chi connectivity index (χ1n) is 13.6. The largest absolute Gasteiger partial charge is 0.462 e. The van der Waals surface area contributed by atoms with Crippen LogP contribution in [0, 0.1) is 5.82 Å². The van der Waals surface area contributed by atoms with Crippen LogP contribution in [-0.2, 0) is 14.9 Å². The van der Waals surface area contributed by atoms with Gasteiger partial charge in [0.1, 0.15) is 11.6 Å². The molecule has 2 aliphatic heterocycles. The molecule has 216 valence electrons. The Morgan fingerprint density at radius 3 is 2.44 bits per heavy atom. The number of esters is 1. The first-order chi connectivity index (χ1) is 19.6. The quantitative estimate of drug-likeness (QED) is 0.454. The highest BCUT2D eigenvalue weighted by Gasteiger charge is 2.37. The van der Waals surface area contributed by atoms with Crippen molar-refractivity contribution >= 4 is 34.4 Å². The second-order valence-electron chi connectivity index (χ2n) is 11.0. The third-order valence-corrected chi connectivity index (χ3v) is 7.38. The number of nitrogens with zero attached hydrogens (tertiary/aromatic N) is 3. The summed E-state index contributed by atoms with van der Waals surface area (Å²) >= 11 is 0. The van der Waals surface area contributed by atoms with Crippen molar-refractivity contribution in [3.05, 3.63) is 71.3 Å². The predicted molar refractivity (Wildman–Crippen MR) is 152 cm³/mol. The van der Waals surface area contributed by atoms with Crippen molar-refractivity contribution in [1.29, 1.82) is 0 Å². The molecule has 0 aliphatic carbocycles. The molecule has 0 saturated carbocycles. The van der Waals surface area contributed by atoms with E-state index >= 15 is 0 Å². The van der Waals surface area contributed by atoms with Crippen LogP contribution in [0.15, 0.2) is 48.7 Å². The number of halogens is 1. The molecule has 0 unspecified atom stereocenters. The molecule has 2 aliphatic rings. The molecule has 0 atom stereocenters. The average molecular weight is 564 g/mol. The van der Waals surface area contributed by atoms with Gasteiger partial charge in [0.15, 0.2) is 0 Å². The zero-order valence-electron chi connectivity index (χ0n) is 23.6. The summed E-state index contributed by atoms with van der Waals surface area (Å²) in [4.78, 5) is 46.2. The molecule has 41 heavy (non-hydrogen) atoms. The van der Waals surface area contributed by atoms with Crippen molar-refractivity contribution in [3.8, 4) is 5.75 Å². The van der Waals surface area contributed by atoms with Crippen molar-refractivity contribution < 1.29 is 28.2 Å². The van der Waals surface area contributed by atoms with Gasteiger partial charge < -0.3 is 24.3 Å². The lowest BCUT2D eigenvalue weighted by Gasteiger charge is -2.31. The summed E-state index contributed by atoms with van der Waals surface area (Å²) < 4.78 is 24.4. The molecular weight excluding hydrogens is 529 g/mol. The standard InChI is InChI=1S/C30H34FN5O5/c1-5-40-28(38)23-17-35(27(37)19-6-8-20(31)9-7-19)18-30(2,3)25-22-11-10-21(16-24(22)32-26(23)25)41-29(39)33-36-14-12-34(4)13-15-36/h6-11,16-17,32H,5,12-15,18H2,1-4H3,(H,33,39). The number of nitrogens with one attached hydrogen (secondary N) is 2. The van der Waals surface area contributed by atoms with Crippen molar-refractivity contribution in [2.24, 2.45) is 0 Å². The van der Waals surface area contributed by atoms with Gasteiger partial charge >= 0.3 is 12.1 Å². The minimum absolute atomic E-state index is 0.154. The van der Waals surface area contributed by atoms with Crippen LogP contribution in [0.25, 0.3) is 16.5 Å². The summed E-state index contributed by atoms with van der Waals surface area (Å²) in [6.45, 7) is 9.18. The third kappa shape index (κ3) is 5.96. The van der Waals surface area contributed by atoms with Crippen LogP contribution in [-0.4, -0.2) is 84.1 Å². The number of aromatic nitrogens is 1. The number of ether oxygens (including phenoxy) is 2. The van der Waals surface area contributed by atoms with E-state index in [0.717, 1.165) is 24.0 Å². The van der Waals surface area contributed by atoms with Crippen molar-refractivity contribution in [2.75, 3.05) is 46.4 Å². The van der Waals surface area contributed by atoms with Crippen LogP contribution in [0.2, 0.25) is 0 Å². The van der Waals surface area contributed by atoms with Gasteiger partial charge in [-0.2, -0.15) is 0 Å². The second kappa shape index (κ2) is 11.3. The molecule has 1 aromatic heterocycles. The zero-order valence-corrected chi connectivity index (χ0v) is 23.6. The number of fused-ring (bicyclic) bond motifs is 3. The lowest BCUT2D eigenvalue weighted by atomic mass is 9.81. The molecule has 1 fully saturated rings. The van der Waals surface area contributed by atoms with E-state index in [9.17, 15) is 18.8 Å². The van der Waals surface area contributed by atoms with E-state index < -0.39 is 23.3 Å². The molecule has 0 radical (unpaired) electrons. The van der Waals surface area contributed by atoms with Gasteiger partial charge in [-0.25, -0.2) is 19.0 Å². The van der Waals surface area contributed by atoms with Crippen LogP contribution in [0.3, 0.4) is 0 Å². The maximum absolute atomic E-state index is 13.5. The number of hydrazine groups is 1. The molecule has 0 spiro atoms. The summed E-state index contributed by atoms with van der Waals surface area (Å²) in [5, 5.41) is 2.65. The van der Waals surface area contributed by atoms with Gasteiger partial charge in [0.25, 0.3) is 5.91 Å². The molecule has 2 amide bonds. The third-order valence-electron chi connectivity index (χ3n) is 7.38. The van der Waals surface area contributed by atoms with E-state index in [-0.39, 0.29) is 24.6 Å². The summed E-state index contributed by atoms with van der Waals surface area (Å²) in [6.07, 6.45) is 0.914. The van der Waals surface area contributed by atoms with Crippen molar-refractivity contribution in [1.82, 2.24) is 25.2 Å². The number of carbonyl (C=O) groups is 3. The fourth-order valence-electron chi connectivity index (χ4n) is 5.35. The number of piperazine rings is 1. The topological polar surface area (TPSA) is 107 Å². The lowest BCUT2D eigenvalue weighted by molar-refractivity contribution is -0.136. The van der Waals surface area contributed by atoms with Gasteiger partial charge in [0.2, 0.25) is 0 Å². The number of benzene rings is 2. The molecule has 5 rings (SSSR count). The van der Waals surface area contributed by atoms with Crippen molar-refractivity contribution in [3.63, 3.8) is 0 Å². The number of hydrogen-bond acceptors (Lipinski definition) is 7. The number of aromatic amines is 1. The van der Waals surface area contributed by atoms with E-state index in [1.165, 1.54) is 35.4 Å². The smallest absolute Gasteiger partial charge is 0.427 e. The highest BCUT2D eigenvalue weighted by atomic mass is 19.1. The van der Waals surface area contributed by atoms with Crippen molar-refractivity contribution in [2.45, 2.75) is 26.2 Å². The molecule has 3 heterocycles. The first kappa shape index (κ1) is 28.3. The Labute approximate surface area is 237 Å². The Balaban J connectivity index is 1.48. The van der Waals surface area contributed by atoms with E-state index in [2.05, 4.69) is 15.3 Å². The monoisotopic (exact) mass is 563 g/mol. The van der Waals surface area contributed by atoms with Crippen LogP contribution in [0.5, 0.6) is 5.75 Å². The van der Waals surface area contributed by atoms with E-state index in [0.29, 0.717) is 35.6 Å². The second-order valence-corrected chi connectivity index (χ2v) is 11.0. The van der Waals surface area contributed by atoms with Crippen LogP contribution < -0.4 is 10.2 Å². The fraction of sp³-hybridized carbons (Fsp3) is 0.367. The first-order valence-corrected chi connectivity index (χ1v) is 13.6. The van der Waals surface area contributed by atoms with Gasteiger partial charge in [-0.05, 0) is 55.9 Å². The Kier molecular flexibility index (Phi) is 7.83. The maximum atomic E-state index is 13.5. The van der Waals surface area contributed by atoms with E-state index in [4.69, 9.17) is 9.47 Å². The highest BCUT2D eigenvalue weighted by Crippen LogP contribution is 2.41. The molecule has 10 nitrogen and oxygen atoms in total. The Morgan fingerprint density at radius 1 is 1.05 bits per heavy atom. The minimum atomic E-state index is -0.616. The average Bonchev–Trinajstić information content (AvgIpc) is 3.26. The number of carbonyl (C=O) groups excluding carboxylic acids is 3. The molecule has 0 bridgehead atoms.